The highest BCUT2D eigenvalue weighted by molar-refractivity contribution is 6.30. The number of anilines is 1. The molecular formula is C14H17ClN2O. The third kappa shape index (κ3) is 3.06. The zero-order valence-electron chi connectivity index (χ0n) is 10.4. The summed E-state index contributed by atoms with van der Waals surface area (Å²) in [6, 6.07) is 7.88. The van der Waals surface area contributed by atoms with Crippen molar-refractivity contribution in [2.45, 2.75) is 13.0 Å². The summed E-state index contributed by atoms with van der Waals surface area (Å²) in [6.45, 7) is 1.42. The average molecular weight is 265 g/mol. The Kier molecular flexibility index (Phi) is 4.28. The molecule has 0 aliphatic carbocycles. The van der Waals surface area contributed by atoms with E-state index in [0.29, 0.717) is 6.54 Å². The van der Waals surface area contributed by atoms with Crippen LogP contribution in [0.3, 0.4) is 0 Å². The highest BCUT2D eigenvalue weighted by Crippen LogP contribution is 2.25. The first kappa shape index (κ1) is 13.0. The van der Waals surface area contributed by atoms with Crippen LogP contribution in [0.2, 0.25) is 5.02 Å². The third-order valence-electron chi connectivity index (χ3n) is 2.87. The van der Waals surface area contributed by atoms with Gasteiger partial charge in [-0.05, 0) is 36.7 Å². The van der Waals surface area contributed by atoms with Crippen LogP contribution in [-0.2, 0) is 13.0 Å². The molecule has 0 saturated heterocycles. The van der Waals surface area contributed by atoms with Gasteiger partial charge < -0.3 is 15.1 Å². The molecule has 1 aromatic carbocycles. The second-order valence-electron chi connectivity index (χ2n) is 4.30. The molecule has 0 unspecified atom stereocenters. The lowest BCUT2D eigenvalue weighted by Gasteiger charge is -2.22. The molecule has 0 radical (unpaired) electrons. The normalized spacial score (nSPS) is 10.6. The highest BCUT2D eigenvalue weighted by atomic mass is 35.5. The molecule has 3 nitrogen and oxygen atoms in total. The van der Waals surface area contributed by atoms with E-state index in [9.17, 15) is 0 Å². The van der Waals surface area contributed by atoms with Gasteiger partial charge in [0.2, 0.25) is 0 Å². The van der Waals surface area contributed by atoms with Crippen molar-refractivity contribution in [2.75, 3.05) is 18.5 Å². The molecule has 96 valence electrons. The van der Waals surface area contributed by atoms with Crippen LogP contribution in [0.1, 0.15) is 11.1 Å². The Morgan fingerprint density at radius 1 is 1.33 bits per heavy atom. The van der Waals surface area contributed by atoms with E-state index in [2.05, 4.69) is 4.90 Å². The van der Waals surface area contributed by atoms with Crippen LogP contribution in [-0.4, -0.2) is 13.6 Å². The number of halogens is 1. The van der Waals surface area contributed by atoms with E-state index in [4.69, 9.17) is 21.8 Å². The third-order valence-corrected chi connectivity index (χ3v) is 3.11. The topological polar surface area (TPSA) is 42.4 Å². The molecule has 0 atom stereocenters. The quantitative estimate of drug-likeness (QED) is 0.903. The first-order chi connectivity index (χ1) is 8.70. The standard InChI is InChI=1S/C14H17ClN2O/c1-17(9-11-5-7-18-10-11)14-8-13(15)3-2-12(14)4-6-16/h2-3,5,7-8,10H,4,6,9,16H2,1H3. The van der Waals surface area contributed by atoms with Crippen molar-refractivity contribution in [2.24, 2.45) is 5.73 Å². The zero-order valence-corrected chi connectivity index (χ0v) is 11.2. The smallest absolute Gasteiger partial charge is 0.0952 e. The molecule has 0 bridgehead atoms. The molecular weight excluding hydrogens is 248 g/mol. The van der Waals surface area contributed by atoms with Crippen LogP contribution >= 0.6 is 11.6 Å². The van der Waals surface area contributed by atoms with Gasteiger partial charge in [0.15, 0.2) is 0 Å². The predicted octanol–water partition coefficient (Wildman–Crippen LogP) is 3.07. The number of furan rings is 1. The lowest BCUT2D eigenvalue weighted by Crippen LogP contribution is -2.18. The van der Waals surface area contributed by atoms with Gasteiger partial charge >= 0.3 is 0 Å². The molecule has 1 heterocycles. The number of nitrogens with two attached hydrogens (primary N) is 1. The summed E-state index contributed by atoms with van der Waals surface area (Å²) in [7, 11) is 2.04. The maximum Gasteiger partial charge on any atom is 0.0952 e. The molecule has 0 amide bonds. The number of rotatable bonds is 5. The molecule has 0 saturated carbocycles. The lowest BCUT2D eigenvalue weighted by atomic mass is 10.1. The van der Waals surface area contributed by atoms with Gasteiger partial charge in [-0.3, -0.25) is 0 Å². The van der Waals surface area contributed by atoms with Crippen LogP contribution in [0.4, 0.5) is 5.69 Å². The number of nitrogens with zero attached hydrogens (tertiary/aromatic N) is 1. The summed E-state index contributed by atoms with van der Waals surface area (Å²) in [6.07, 6.45) is 4.29. The second-order valence-corrected chi connectivity index (χ2v) is 4.74. The Hall–Kier alpha value is -1.45. The Morgan fingerprint density at radius 3 is 2.83 bits per heavy atom. The van der Waals surface area contributed by atoms with E-state index < -0.39 is 0 Å². The fraction of sp³-hybridized carbons (Fsp3) is 0.286. The van der Waals surface area contributed by atoms with Crippen LogP contribution in [0.25, 0.3) is 0 Å². The van der Waals surface area contributed by atoms with Crippen LogP contribution < -0.4 is 10.6 Å². The maximum atomic E-state index is 6.07. The van der Waals surface area contributed by atoms with E-state index in [1.165, 1.54) is 5.56 Å². The molecule has 18 heavy (non-hydrogen) atoms. The first-order valence-electron chi connectivity index (χ1n) is 5.91. The Balaban J connectivity index is 2.22. The second kappa shape index (κ2) is 5.94. The van der Waals surface area contributed by atoms with Crippen molar-refractivity contribution in [3.05, 3.63) is 52.9 Å². The SMILES string of the molecule is CN(Cc1ccoc1)c1cc(Cl)ccc1CCN. The van der Waals surface area contributed by atoms with Crippen molar-refractivity contribution in [3.63, 3.8) is 0 Å². The summed E-state index contributed by atoms with van der Waals surface area (Å²) < 4.78 is 5.08. The Labute approximate surface area is 112 Å². The zero-order chi connectivity index (χ0) is 13.0. The van der Waals surface area contributed by atoms with Gasteiger partial charge in [0.05, 0.1) is 12.5 Å². The van der Waals surface area contributed by atoms with E-state index in [1.54, 1.807) is 12.5 Å². The molecule has 2 rings (SSSR count). The fourth-order valence-electron chi connectivity index (χ4n) is 2.00. The molecule has 0 fully saturated rings. The summed E-state index contributed by atoms with van der Waals surface area (Å²) in [5.41, 5.74) is 9.11. The monoisotopic (exact) mass is 264 g/mol. The fourth-order valence-corrected chi connectivity index (χ4v) is 2.17. The largest absolute Gasteiger partial charge is 0.472 e. The van der Waals surface area contributed by atoms with E-state index in [-0.39, 0.29) is 0 Å². The Bertz CT molecular complexity index is 497. The van der Waals surface area contributed by atoms with Gasteiger partial charge in [-0.1, -0.05) is 17.7 Å². The highest BCUT2D eigenvalue weighted by Gasteiger charge is 2.09. The van der Waals surface area contributed by atoms with Gasteiger partial charge in [0.25, 0.3) is 0 Å². The molecule has 0 aliphatic rings. The van der Waals surface area contributed by atoms with Crippen molar-refractivity contribution in [1.82, 2.24) is 0 Å². The van der Waals surface area contributed by atoms with Crippen molar-refractivity contribution in [1.29, 1.82) is 0 Å². The number of hydrogen-bond donors (Lipinski definition) is 1. The Morgan fingerprint density at radius 2 is 2.17 bits per heavy atom. The van der Waals surface area contributed by atoms with Gasteiger partial charge in [-0.15, -0.1) is 0 Å². The molecule has 0 aliphatic heterocycles. The first-order valence-corrected chi connectivity index (χ1v) is 6.29. The maximum absolute atomic E-state index is 6.07. The van der Waals surface area contributed by atoms with Gasteiger partial charge in [-0.25, -0.2) is 0 Å². The summed E-state index contributed by atoms with van der Waals surface area (Å²) >= 11 is 6.07. The minimum atomic E-state index is 0.633. The van der Waals surface area contributed by atoms with E-state index in [0.717, 1.165) is 29.2 Å². The van der Waals surface area contributed by atoms with Crippen molar-refractivity contribution in [3.8, 4) is 0 Å². The summed E-state index contributed by atoms with van der Waals surface area (Å²) in [5, 5.41) is 0.741. The minimum absolute atomic E-state index is 0.633. The van der Waals surface area contributed by atoms with Crippen LogP contribution in [0, 0.1) is 0 Å². The van der Waals surface area contributed by atoms with Crippen molar-refractivity contribution < 1.29 is 4.42 Å². The summed E-state index contributed by atoms with van der Waals surface area (Å²) in [5.74, 6) is 0. The average Bonchev–Trinajstić information content (AvgIpc) is 2.84. The lowest BCUT2D eigenvalue weighted by molar-refractivity contribution is 0.563. The van der Waals surface area contributed by atoms with E-state index in [1.807, 2.05) is 31.3 Å². The van der Waals surface area contributed by atoms with E-state index >= 15 is 0 Å². The van der Waals surface area contributed by atoms with Crippen LogP contribution in [0.5, 0.6) is 0 Å². The van der Waals surface area contributed by atoms with Crippen molar-refractivity contribution >= 4 is 17.3 Å². The molecule has 2 aromatic rings. The van der Waals surface area contributed by atoms with Gasteiger partial charge in [0, 0.05) is 29.9 Å². The molecule has 0 spiro atoms. The predicted molar refractivity (Wildman–Crippen MR) is 75.0 cm³/mol. The van der Waals surface area contributed by atoms with Crippen LogP contribution in [0.15, 0.2) is 41.2 Å². The molecule has 2 N–H and O–H groups in total. The number of benzene rings is 1. The number of hydrogen-bond acceptors (Lipinski definition) is 3. The van der Waals surface area contributed by atoms with Gasteiger partial charge in [-0.2, -0.15) is 0 Å². The minimum Gasteiger partial charge on any atom is -0.472 e. The summed E-state index contributed by atoms with van der Waals surface area (Å²) in [4.78, 5) is 2.15. The molecule has 4 heteroatoms. The van der Waals surface area contributed by atoms with Gasteiger partial charge in [0.1, 0.15) is 0 Å². The molecule has 1 aromatic heterocycles.